The summed E-state index contributed by atoms with van der Waals surface area (Å²) >= 11 is 0. The molecule has 1 aromatic rings. The SMILES string of the molecule is CC(CC(=O)NCCN1C(=O)Cc2ccccc21)C1CCCNC1.Cl. The maximum atomic E-state index is 12.2. The molecule has 0 spiro atoms. The van der Waals surface area contributed by atoms with E-state index in [4.69, 9.17) is 0 Å². The second-order valence-electron chi connectivity index (χ2n) is 6.99. The van der Waals surface area contributed by atoms with Crippen LogP contribution in [0.5, 0.6) is 0 Å². The van der Waals surface area contributed by atoms with Gasteiger partial charge in [-0.2, -0.15) is 0 Å². The third-order valence-corrected chi connectivity index (χ3v) is 5.23. The molecule has 2 amide bonds. The molecule has 2 unspecified atom stereocenters. The zero-order valence-electron chi connectivity index (χ0n) is 14.8. The van der Waals surface area contributed by atoms with Crippen LogP contribution in [0.4, 0.5) is 5.69 Å². The van der Waals surface area contributed by atoms with E-state index in [0.717, 1.165) is 24.3 Å². The first-order valence-corrected chi connectivity index (χ1v) is 9.01. The number of piperidine rings is 1. The number of anilines is 1. The highest BCUT2D eigenvalue weighted by atomic mass is 35.5. The number of benzene rings is 1. The predicted molar refractivity (Wildman–Crippen MR) is 102 cm³/mol. The standard InChI is InChI=1S/C19H27N3O2.ClH/c1-14(16-6-4-8-20-13-16)11-18(23)21-9-10-22-17-7-3-2-5-15(17)12-19(22)24;/h2-3,5,7,14,16,20H,4,6,8-13H2,1H3,(H,21,23);1H. The fourth-order valence-corrected chi connectivity index (χ4v) is 3.76. The molecule has 138 valence electrons. The van der Waals surface area contributed by atoms with Gasteiger partial charge in [-0.3, -0.25) is 9.59 Å². The molecule has 2 heterocycles. The molecule has 1 fully saturated rings. The van der Waals surface area contributed by atoms with Crippen molar-refractivity contribution in [1.29, 1.82) is 0 Å². The molecule has 2 atom stereocenters. The summed E-state index contributed by atoms with van der Waals surface area (Å²) in [6, 6.07) is 7.87. The first kappa shape index (κ1) is 19.7. The van der Waals surface area contributed by atoms with Gasteiger partial charge in [0.1, 0.15) is 0 Å². The number of fused-ring (bicyclic) bond motifs is 1. The Hall–Kier alpha value is -1.59. The minimum atomic E-state index is 0. The number of carbonyl (C=O) groups excluding carboxylic acids is 2. The van der Waals surface area contributed by atoms with Gasteiger partial charge >= 0.3 is 0 Å². The van der Waals surface area contributed by atoms with Crippen molar-refractivity contribution in [3.8, 4) is 0 Å². The summed E-state index contributed by atoms with van der Waals surface area (Å²) in [4.78, 5) is 26.0. The Kier molecular flexibility index (Phi) is 7.26. The van der Waals surface area contributed by atoms with E-state index in [1.54, 1.807) is 4.90 Å². The highest BCUT2D eigenvalue weighted by molar-refractivity contribution is 6.01. The van der Waals surface area contributed by atoms with E-state index in [1.807, 2.05) is 24.3 Å². The summed E-state index contributed by atoms with van der Waals surface area (Å²) in [5.41, 5.74) is 2.06. The minimum Gasteiger partial charge on any atom is -0.354 e. The Morgan fingerprint density at radius 3 is 2.96 bits per heavy atom. The van der Waals surface area contributed by atoms with Crippen LogP contribution >= 0.6 is 12.4 Å². The van der Waals surface area contributed by atoms with Crippen molar-refractivity contribution in [1.82, 2.24) is 10.6 Å². The minimum absolute atomic E-state index is 0. The maximum Gasteiger partial charge on any atom is 0.231 e. The van der Waals surface area contributed by atoms with Gasteiger partial charge in [0.25, 0.3) is 0 Å². The van der Waals surface area contributed by atoms with Crippen LogP contribution in [0.1, 0.15) is 31.7 Å². The molecule has 6 heteroatoms. The molecule has 25 heavy (non-hydrogen) atoms. The lowest BCUT2D eigenvalue weighted by molar-refractivity contribution is -0.122. The quantitative estimate of drug-likeness (QED) is 0.812. The predicted octanol–water partition coefficient (Wildman–Crippen LogP) is 2.14. The largest absolute Gasteiger partial charge is 0.354 e. The molecule has 3 rings (SSSR count). The molecule has 1 aromatic carbocycles. The Balaban J connectivity index is 0.00000225. The normalized spacial score (nSPS) is 20.6. The summed E-state index contributed by atoms with van der Waals surface area (Å²) in [6.45, 7) is 5.33. The average Bonchev–Trinajstić information content (AvgIpc) is 2.91. The number of carbonyl (C=O) groups is 2. The number of halogens is 1. The second kappa shape index (κ2) is 9.20. The zero-order valence-corrected chi connectivity index (χ0v) is 15.6. The van der Waals surface area contributed by atoms with E-state index in [9.17, 15) is 9.59 Å². The molecule has 5 nitrogen and oxygen atoms in total. The number of hydrogen-bond acceptors (Lipinski definition) is 3. The second-order valence-corrected chi connectivity index (χ2v) is 6.99. The highest BCUT2D eigenvalue weighted by Crippen LogP contribution is 2.27. The molecule has 2 N–H and O–H groups in total. The molecule has 0 aliphatic carbocycles. The topological polar surface area (TPSA) is 61.4 Å². The van der Waals surface area contributed by atoms with Crippen LogP contribution in [0.3, 0.4) is 0 Å². The van der Waals surface area contributed by atoms with E-state index in [1.165, 1.54) is 12.8 Å². The number of hydrogen-bond donors (Lipinski definition) is 2. The monoisotopic (exact) mass is 365 g/mol. The fourth-order valence-electron chi connectivity index (χ4n) is 3.76. The lowest BCUT2D eigenvalue weighted by Gasteiger charge is -2.28. The van der Waals surface area contributed by atoms with E-state index in [2.05, 4.69) is 17.6 Å². The molecule has 0 radical (unpaired) electrons. The van der Waals surface area contributed by atoms with E-state index in [0.29, 0.717) is 37.8 Å². The lowest BCUT2D eigenvalue weighted by atomic mass is 9.85. The third kappa shape index (κ3) is 4.95. The first-order chi connectivity index (χ1) is 11.6. The molecule has 0 aromatic heterocycles. The summed E-state index contributed by atoms with van der Waals surface area (Å²) in [6.07, 6.45) is 3.44. The number of para-hydroxylation sites is 1. The van der Waals surface area contributed by atoms with Crippen LogP contribution in [-0.2, 0) is 16.0 Å². The van der Waals surface area contributed by atoms with Gasteiger partial charge in [-0.25, -0.2) is 0 Å². The summed E-state index contributed by atoms with van der Waals surface area (Å²) < 4.78 is 0. The molecular formula is C19H28ClN3O2. The molecule has 1 saturated heterocycles. The fraction of sp³-hybridized carbons (Fsp3) is 0.579. The van der Waals surface area contributed by atoms with Crippen molar-refractivity contribution >= 4 is 29.9 Å². The number of nitrogens with zero attached hydrogens (tertiary/aromatic N) is 1. The summed E-state index contributed by atoms with van der Waals surface area (Å²) in [7, 11) is 0. The molecule has 2 aliphatic rings. The van der Waals surface area contributed by atoms with E-state index in [-0.39, 0.29) is 24.2 Å². The Morgan fingerprint density at radius 1 is 1.40 bits per heavy atom. The average molecular weight is 366 g/mol. The summed E-state index contributed by atoms with van der Waals surface area (Å²) in [5, 5.41) is 6.39. The van der Waals surface area contributed by atoms with Gasteiger partial charge in [0.2, 0.25) is 11.8 Å². The van der Waals surface area contributed by atoms with Gasteiger partial charge in [-0.1, -0.05) is 25.1 Å². The third-order valence-electron chi connectivity index (χ3n) is 5.23. The Labute approximate surface area is 155 Å². The Bertz CT molecular complexity index is 602. The van der Waals surface area contributed by atoms with Crippen molar-refractivity contribution in [2.45, 2.75) is 32.6 Å². The highest BCUT2D eigenvalue weighted by Gasteiger charge is 2.26. The van der Waals surface area contributed by atoms with Gasteiger partial charge in [-0.05, 0) is 49.4 Å². The first-order valence-electron chi connectivity index (χ1n) is 9.01. The van der Waals surface area contributed by atoms with Gasteiger partial charge in [-0.15, -0.1) is 12.4 Å². The van der Waals surface area contributed by atoms with Crippen LogP contribution in [0.2, 0.25) is 0 Å². The van der Waals surface area contributed by atoms with Crippen molar-refractivity contribution in [3.05, 3.63) is 29.8 Å². The molecule has 0 bridgehead atoms. The lowest BCUT2D eigenvalue weighted by Crippen LogP contribution is -2.38. The van der Waals surface area contributed by atoms with Crippen LogP contribution in [0, 0.1) is 11.8 Å². The smallest absolute Gasteiger partial charge is 0.231 e. The number of rotatable bonds is 6. The van der Waals surface area contributed by atoms with Crippen molar-refractivity contribution < 1.29 is 9.59 Å². The number of amides is 2. The molecule has 0 saturated carbocycles. The maximum absolute atomic E-state index is 12.2. The van der Waals surface area contributed by atoms with Crippen LogP contribution in [0.25, 0.3) is 0 Å². The van der Waals surface area contributed by atoms with Crippen LogP contribution < -0.4 is 15.5 Å². The summed E-state index contributed by atoms with van der Waals surface area (Å²) in [5.74, 6) is 1.20. The van der Waals surface area contributed by atoms with Crippen molar-refractivity contribution in [2.24, 2.45) is 11.8 Å². The Morgan fingerprint density at radius 2 is 2.20 bits per heavy atom. The van der Waals surface area contributed by atoms with Gasteiger partial charge in [0.05, 0.1) is 6.42 Å². The van der Waals surface area contributed by atoms with Gasteiger partial charge < -0.3 is 15.5 Å². The van der Waals surface area contributed by atoms with Crippen LogP contribution in [0.15, 0.2) is 24.3 Å². The van der Waals surface area contributed by atoms with Gasteiger partial charge in [0.15, 0.2) is 0 Å². The van der Waals surface area contributed by atoms with Gasteiger partial charge in [0, 0.05) is 25.2 Å². The molecular weight excluding hydrogens is 338 g/mol. The van der Waals surface area contributed by atoms with E-state index >= 15 is 0 Å². The van der Waals surface area contributed by atoms with Crippen molar-refractivity contribution in [2.75, 3.05) is 31.1 Å². The molecule has 2 aliphatic heterocycles. The van der Waals surface area contributed by atoms with Crippen molar-refractivity contribution in [3.63, 3.8) is 0 Å². The van der Waals surface area contributed by atoms with E-state index < -0.39 is 0 Å². The zero-order chi connectivity index (χ0) is 16.9. The van der Waals surface area contributed by atoms with Crippen LogP contribution in [-0.4, -0.2) is 38.0 Å². The number of nitrogens with one attached hydrogen (secondary N) is 2.